The van der Waals surface area contributed by atoms with E-state index >= 15 is 0 Å². The Morgan fingerprint density at radius 1 is 0.400 bits per heavy atom. The van der Waals surface area contributed by atoms with Gasteiger partial charge in [0.05, 0.1) is 0 Å². The number of rotatable bonds is 28. The van der Waals surface area contributed by atoms with Crippen LogP contribution in [0.5, 0.6) is 0 Å². The molecule has 1 saturated carbocycles. The van der Waals surface area contributed by atoms with Crippen LogP contribution in [0.25, 0.3) is 0 Å². The average Bonchev–Trinajstić information content (AvgIpc) is 3.32. The van der Waals surface area contributed by atoms with Crippen molar-refractivity contribution in [1.82, 2.24) is 0 Å². The van der Waals surface area contributed by atoms with E-state index in [1.165, 1.54) is 135 Å². The van der Waals surface area contributed by atoms with E-state index in [1.54, 1.807) is 0 Å². The van der Waals surface area contributed by atoms with E-state index in [-0.39, 0.29) is 0 Å². The summed E-state index contributed by atoms with van der Waals surface area (Å²) in [6, 6.07) is 0. The molecule has 0 spiro atoms. The number of unbranched alkanes of at least 4 members (excludes halogenated alkanes) is 18. The van der Waals surface area contributed by atoms with E-state index in [4.69, 9.17) is 19.7 Å². The molecule has 0 aliphatic heterocycles. The maximum Gasteiger partial charge on any atom is 0.0494 e. The van der Waals surface area contributed by atoms with E-state index < -0.39 is 0 Å². The third kappa shape index (κ3) is 22.7. The monoisotopic (exact) mass is 498 g/mol. The van der Waals surface area contributed by atoms with Crippen molar-refractivity contribution in [2.45, 2.75) is 148 Å². The van der Waals surface area contributed by atoms with E-state index in [2.05, 4.69) is 0 Å². The predicted octanol–water partition coefficient (Wildman–Crippen LogP) is 8.22. The number of ether oxygens (including phenoxy) is 2. The Labute approximate surface area is 218 Å². The first-order valence-electron chi connectivity index (χ1n) is 15.7. The summed E-state index contributed by atoms with van der Waals surface area (Å²) in [6.45, 7) is 4.53. The molecule has 4 nitrogen and oxygen atoms in total. The lowest BCUT2D eigenvalue weighted by Crippen LogP contribution is -2.10. The highest BCUT2D eigenvalue weighted by atomic mass is 16.5. The summed E-state index contributed by atoms with van der Waals surface area (Å²) < 4.78 is 12.0. The minimum atomic E-state index is 0.355. The maximum atomic E-state index is 8.78. The van der Waals surface area contributed by atoms with Crippen LogP contribution in [0.15, 0.2) is 0 Å². The van der Waals surface area contributed by atoms with E-state index in [0.717, 1.165) is 51.1 Å². The third-order valence-corrected chi connectivity index (χ3v) is 7.75. The van der Waals surface area contributed by atoms with E-state index in [0.29, 0.717) is 13.2 Å². The molecule has 0 amide bonds. The van der Waals surface area contributed by atoms with Crippen LogP contribution in [0.4, 0.5) is 0 Å². The van der Waals surface area contributed by atoms with Crippen LogP contribution in [-0.4, -0.2) is 49.9 Å². The van der Waals surface area contributed by atoms with Crippen molar-refractivity contribution >= 4 is 0 Å². The van der Waals surface area contributed by atoms with Crippen LogP contribution in [0, 0.1) is 11.8 Å². The van der Waals surface area contributed by atoms with Crippen LogP contribution in [-0.2, 0) is 9.47 Å². The fourth-order valence-electron chi connectivity index (χ4n) is 5.44. The van der Waals surface area contributed by atoms with Crippen LogP contribution in [0.2, 0.25) is 0 Å². The zero-order valence-corrected chi connectivity index (χ0v) is 23.4. The van der Waals surface area contributed by atoms with Gasteiger partial charge < -0.3 is 19.7 Å². The molecule has 210 valence electrons. The van der Waals surface area contributed by atoms with Crippen LogP contribution >= 0.6 is 0 Å². The van der Waals surface area contributed by atoms with Gasteiger partial charge in [-0.25, -0.2) is 0 Å². The summed E-state index contributed by atoms with van der Waals surface area (Å²) in [6.07, 6.45) is 29.6. The Morgan fingerprint density at radius 2 is 0.686 bits per heavy atom. The Bertz CT molecular complexity index is 367. The zero-order valence-electron chi connectivity index (χ0n) is 23.4. The molecule has 1 aliphatic carbocycles. The zero-order chi connectivity index (χ0) is 25.1. The molecule has 0 radical (unpaired) electrons. The molecule has 0 heterocycles. The summed E-state index contributed by atoms with van der Waals surface area (Å²) >= 11 is 0. The summed E-state index contributed by atoms with van der Waals surface area (Å²) in [5, 5.41) is 17.6. The largest absolute Gasteiger partial charge is 0.396 e. The molecule has 4 heteroatoms. The molecule has 0 aromatic heterocycles. The molecule has 1 fully saturated rings. The number of hydrogen-bond donors (Lipinski definition) is 2. The molecule has 2 N–H and O–H groups in total. The van der Waals surface area contributed by atoms with Gasteiger partial charge in [0, 0.05) is 39.6 Å². The van der Waals surface area contributed by atoms with Gasteiger partial charge in [0.1, 0.15) is 0 Å². The first-order chi connectivity index (χ1) is 17.4. The second-order valence-electron chi connectivity index (χ2n) is 11.2. The molecular weight excluding hydrogens is 436 g/mol. The van der Waals surface area contributed by atoms with Crippen molar-refractivity contribution in [3.8, 4) is 0 Å². The second kappa shape index (κ2) is 26.9. The molecular formula is C31H62O4. The van der Waals surface area contributed by atoms with Crippen LogP contribution < -0.4 is 0 Å². The molecule has 0 saturated heterocycles. The lowest BCUT2D eigenvalue weighted by Gasteiger charge is -2.12. The number of aliphatic hydroxyl groups is 2. The number of aliphatic hydroxyl groups excluding tert-OH is 2. The maximum absolute atomic E-state index is 8.78. The van der Waals surface area contributed by atoms with Crippen LogP contribution in [0.1, 0.15) is 148 Å². The van der Waals surface area contributed by atoms with Crippen molar-refractivity contribution in [3.05, 3.63) is 0 Å². The summed E-state index contributed by atoms with van der Waals surface area (Å²) in [4.78, 5) is 0. The lowest BCUT2D eigenvalue weighted by molar-refractivity contribution is 0.0820. The molecule has 0 aromatic carbocycles. The number of hydrogen-bond acceptors (Lipinski definition) is 4. The highest BCUT2D eigenvalue weighted by Gasteiger charge is 2.24. The smallest absolute Gasteiger partial charge is 0.0494 e. The lowest BCUT2D eigenvalue weighted by atomic mass is 10.1. The summed E-state index contributed by atoms with van der Waals surface area (Å²) in [5.74, 6) is 1.52. The van der Waals surface area contributed by atoms with Crippen molar-refractivity contribution < 1.29 is 19.7 Å². The fraction of sp³-hybridized carbons (Fsp3) is 1.00. The highest BCUT2D eigenvalue weighted by molar-refractivity contribution is 4.75. The Kier molecular flexibility index (Phi) is 25.3. The van der Waals surface area contributed by atoms with Gasteiger partial charge in [0.2, 0.25) is 0 Å². The molecule has 0 unspecified atom stereocenters. The topological polar surface area (TPSA) is 58.9 Å². The van der Waals surface area contributed by atoms with Gasteiger partial charge in [-0.3, -0.25) is 0 Å². The highest BCUT2D eigenvalue weighted by Crippen LogP contribution is 2.31. The van der Waals surface area contributed by atoms with Crippen molar-refractivity contribution in [1.29, 1.82) is 0 Å². The van der Waals surface area contributed by atoms with Gasteiger partial charge in [-0.2, -0.15) is 0 Å². The first-order valence-corrected chi connectivity index (χ1v) is 15.7. The summed E-state index contributed by atoms with van der Waals surface area (Å²) in [5.41, 5.74) is 0. The Morgan fingerprint density at radius 3 is 1.00 bits per heavy atom. The average molecular weight is 499 g/mol. The normalized spacial score (nSPS) is 18.0. The van der Waals surface area contributed by atoms with Crippen LogP contribution in [0.3, 0.4) is 0 Å². The minimum Gasteiger partial charge on any atom is -0.396 e. The fourth-order valence-corrected chi connectivity index (χ4v) is 5.44. The van der Waals surface area contributed by atoms with Gasteiger partial charge in [0.15, 0.2) is 0 Å². The third-order valence-electron chi connectivity index (χ3n) is 7.75. The van der Waals surface area contributed by atoms with Gasteiger partial charge in [0.25, 0.3) is 0 Å². The molecule has 0 bridgehead atoms. The quantitative estimate of drug-likeness (QED) is 0.107. The molecule has 1 rings (SSSR count). The van der Waals surface area contributed by atoms with Crippen molar-refractivity contribution in [2.75, 3.05) is 39.6 Å². The van der Waals surface area contributed by atoms with Gasteiger partial charge in [-0.15, -0.1) is 0 Å². The standard InChI is InChI=1S/C31H62O4/c32-23-17-13-9-5-1-3-7-11-15-19-25-34-28-30-21-22-31(27-30)29-35-26-20-16-12-8-4-2-6-10-14-18-24-33/h30-33H,1-29H2/t30-,31+. The molecule has 0 aromatic rings. The first kappa shape index (κ1) is 32.9. The van der Waals surface area contributed by atoms with Gasteiger partial charge in [-0.1, -0.05) is 103 Å². The van der Waals surface area contributed by atoms with Gasteiger partial charge in [-0.05, 0) is 56.8 Å². The second-order valence-corrected chi connectivity index (χ2v) is 11.2. The van der Waals surface area contributed by atoms with E-state index in [9.17, 15) is 0 Å². The predicted molar refractivity (Wildman–Crippen MR) is 149 cm³/mol. The Hall–Kier alpha value is -0.160. The SMILES string of the molecule is OCCCCCCCCCCCCOC[C@H]1CC[C@@H](COCCCCCCCCCCCCO)C1. The molecule has 1 aliphatic rings. The molecule has 35 heavy (non-hydrogen) atoms. The van der Waals surface area contributed by atoms with Gasteiger partial charge >= 0.3 is 0 Å². The molecule has 2 atom stereocenters. The van der Waals surface area contributed by atoms with Crippen molar-refractivity contribution in [2.24, 2.45) is 11.8 Å². The van der Waals surface area contributed by atoms with Crippen molar-refractivity contribution in [3.63, 3.8) is 0 Å². The minimum absolute atomic E-state index is 0.355. The summed E-state index contributed by atoms with van der Waals surface area (Å²) in [7, 11) is 0. The van der Waals surface area contributed by atoms with E-state index in [1.807, 2.05) is 0 Å². The Balaban J connectivity index is 1.75.